The van der Waals surface area contributed by atoms with E-state index in [0.717, 1.165) is 16.5 Å². The van der Waals surface area contributed by atoms with Crippen LogP contribution in [0.15, 0.2) is 47.0 Å². The number of aliphatic carboxylic acids is 1. The third-order valence-electron chi connectivity index (χ3n) is 3.50. The molecule has 2 heterocycles. The summed E-state index contributed by atoms with van der Waals surface area (Å²) in [4.78, 5) is 26.6. The van der Waals surface area contributed by atoms with Gasteiger partial charge in [-0.2, -0.15) is 0 Å². The van der Waals surface area contributed by atoms with Crippen molar-refractivity contribution in [2.24, 2.45) is 0 Å². The second-order valence-electron chi connectivity index (χ2n) is 5.03. The Morgan fingerprint density at radius 1 is 1.26 bits per heavy atom. The molecule has 7 heteroatoms. The molecule has 0 spiro atoms. The van der Waals surface area contributed by atoms with Gasteiger partial charge in [0, 0.05) is 23.5 Å². The van der Waals surface area contributed by atoms with Crippen LogP contribution in [0.4, 0.5) is 0 Å². The molecule has 3 N–H and O–H groups in total. The average molecular weight is 333 g/mol. The number of carbonyl (C=O) groups excluding carboxylic acids is 1. The van der Waals surface area contributed by atoms with Crippen LogP contribution in [0.3, 0.4) is 0 Å². The largest absolute Gasteiger partial charge is 0.480 e. The molecule has 1 atom stereocenters. The predicted molar refractivity (Wildman–Crippen MR) is 84.6 cm³/mol. The van der Waals surface area contributed by atoms with Crippen LogP contribution in [0.25, 0.3) is 10.9 Å². The van der Waals surface area contributed by atoms with Gasteiger partial charge in [0.2, 0.25) is 0 Å². The van der Waals surface area contributed by atoms with Crippen LogP contribution >= 0.6 is 11.6 Å². The Hall–Kier alpha value is -2.73. The molecule has 1 amide bonds. The number of nitrogens with one attached hydrogen (secondary N) is 2. The number of rotatable bonds is 5. The molecule has 0 aliphatic carbocycles. The Labute approximate surface area is 136 Å². The molecular weight excluding hydrogens is 320 g/mol. The molecule has 2 aromatic heterocycles. The minimum Gasteiger partial charge on any atom is -0.480 e. The van der Waals surface area contributed by atoms with Crippen molar-refractivity contribution in [1.29, 1.82) is 0 Å². The topological polar surface area (TPSA) is 95.3 Å². The molecule has 6 nitrogen and oxygen atoms in total. The van der Waals surface area contributed by atoms with E-state index < -0.39 is 17.9 Å². The highest BCUT2D eigenvalue weighted by Crippen LogP contribution is 2.19. The minimum absolute atomic E-state index is 0.0276. The van der Waals surface area contributed by atoms with Crippen LogP contribution in [0.2, 0.25) is 5.22 Å². The van der Waals surface area contributed by atoms with Gasteiger partial charge >= 0.3 is 5.97 Å². The van der Waals surface area contributed by atoms with E-state index in [2.05, 4.69) is 10.3 Å². The van der Waals surface area contributed by atoms with E-state index in [-0.39, 0.29) is 17.4 Å². The van der Waals surface area contributed by atoms with Gasteiger partial charge in [0.1, 0.15) is 6.04 Å². The first-order valence-corrected chi connectivity index (χ1v) is 7.26. The van der Waals surface area contributed by atoms with E-state index in [1.54, 1.807) is 6.20 Å². The highest BCUT2D eigenvalue weighted by molar-refractivity contribution is 6.29. The summed E-state index contributed by atoms with van der Waals surface area (Å²) in [5, 5.41) is 12.8. The summed E-state index contributed by atoms with van der Waals surface area (Å²) in [6, 6.07) is 9.30. The molecule has 0 unspecified atom stereocenters. The summed E-state index contributed by atoms with van der Waals surface area (Å²) in [5.74, 6) is -1.77. The third-order valence-corrected chi connectivity index (χ3v) is 3.70. The maximum absolute atomic E-state index is 12.0. The summed E-state index contributed by atoms with van der Waals surface area (Å²) in [5.41, 5.74) is 1.72. The average Bonchev–Trinajstić information content (AvgIpc) is 3.13. The number of fused-ring (bicyclic) bond motifs is 1. The summed E-state index contributed by atoms with van der Waals surface area (Å²) in [6.45, 7) is 0. The quantitative estimate of drug-likeness (QED) is 0.669. The van der Waals surface area contributed by atoms with E-state index in [1.807, 2.05) is 24.3 Å². The number of amides is 1. The van der Waals surface area contributed by atoms with E-state index in [4.69, 9.17) is 16.0 Å². The van der Waals surface area contributed by atoms with Gasteiger partial charge in [-0.25, -0.2) is 4.79 Å². The molecule has 23 heavy (non-hydrogen) atoms. The second kappa shape index (κ2) is 6.18. The number of benzene rings is 1. The second-order valence-corrected chi connectivity index (χ2v) is 5.40. The highest BCUT2D eigenvalue weighted by Gasteiger charge is 2.23. The summed E-state index contributed by atoms with van der Waals surface area (Å²) in [6.07, 6.45) is 1.90. The smallest absolute Gasteiger partial charge is 0.326 e. The first kappa shape index (κ1) is 15.2. The zero-order valence-corrected chi connectivity index (χ0v) is 12.6. The predicted octanol–water partition coefficient (Wildman–Crippen LogP) is 2.84. The molecule has 0 aliphatic heterocycles. The lowest BCUT2D eigenvalue weighted by molar-refractivity contribution is -0.139. The van der Waals surface area contributed by atoms with Gasteiger partial charge in [0.05, 0.1) is 0 Å². The lowest BCUT2D eigenvalue weighted by atomic mass is 10.0. The van der Waals surface area contributed by atoms with Crippen molar-refractivity contribution < 1.29 is 19.1 Å². The number of halogens is 1. The van der Waals surface area contributed by atoms with Crippen molar-refractivity contribution in [3.63, 3.8) is 0 Å². The molecule has 3 aromatic rings. The Morgan fingerprint density at radius 2 is 2.04 bits per heavy atom. The molecule has 0 fully saturated rings. The zero-order chi connectivity index (χ0) is 16.4. The number of para-hydroxylation sites is 1. The van der Waals surface area contributed by atoms with Crippen LogP contribution in [0.1, 0.15) is 16.1 Å². The Kier molecular flexibility index (Phi) is 4.08. The van der Waals surface area contributed by atoms with Crippen molar-refractivity contribution >= 4 is 34.4 Å². The summed E-state index contributed by atoms with van der Waals surface area (Å²) >= 11 is 5.62. The monoisotopic (exact) mass is 332 g/mol. The molecule has 0 aliphatic rings. The number of furan rings is 1. The Morgan fingerprint density at radius 3 is 2.74 bits per heavy atom. The van der Waals surface area contributed by atoms with Crippen LogP contribution in [-0.2, 0) is 11.2 Å². The molecule has 1 aromatic carbocycles. The zero-order valence-electron chi connectivity index (χ0n) is 11.9. The van der Waals surface area contributed by atoms with Crippen LogP contribution < -0.4 is 5.32 Å². The maximum Gasteiger partial charge on any atom is 0.326 e. The third kappa shape index (κ3) is 3.22. The molecule has 0 radical (unpaired) electrons. The van der Waals surface area contributed by atoms with Crippen molar-refractivity contribution in [3.05, 3.63) is 59.1 Å². The fourth-order valence-electron chi connectivity index (χ4n) is 2.39. The molecular formula is C16H13ClN2O4. The molecule has 0 saturated carbocycles. The van der Waals surface area contributed by atoms with Crippen molar-refractivity contribution in [3.8, 4) is 0 Å². The SMILES string of the molecule is O=C(N[C@H](Cc1c[nH]c2ccccc12)C(=O)O)c1ccc(Cl)o1. The minimum atomic E-state index is -1.12. The number of H-pyrrole nitrogens is 1. The van der Waals surface area contributed by atoms with Gasteiger partial charge < -0.3 is 19.8 Å². The van der Waals surface area contributed by atoms with Crippen molar-refractivity contribution in [2.45, 2.75) is 12.5 Å². The van der Waals surface area contributed by atoms with E-state index in [0.29, 0.717) is 0 Å². The molecule has 0 saturated heterocycles. The standard InChI is InChI=1S/C16H13ClN2O4/c17-14-6-5-13(23-14)15(20)19-12(16(21)22)7-9-8-18-11-4-2-1-3-10(9)11/h1-6,8,12,18H,7H2,(H,19,20)(H,21,22)/t12-/m1/s1. The van der Waals surface area contributed by atoms with Crippen molar-refractivity contribution in [1.82, 2.24) is 10.3 Å². The lowest BCUT2D eigenvalue weighted by Gasteiger charge is -2.13. The fourth-order valence-corrected chi connectivity index (χ4v) is 2.53. The molecule has 3 rings (SSSR count). The van der Waals surface area contributed by atoms with Crippen molar-refractivity contribution in [2.75, 3.05) is 0 Å². The summed E-state index contributed by atoms with van der Waals surface area (Å²) in [7, 11) is 0. The van der Waals surface area contributed by atoms with Gasteiger partial charge in [0.15, 0.2) is 11.0 Å². The molecule has 0 bridgehead atoms. The number of carbonyl (C=O) groups is 2. The highest BCUT2D eigenvalue weighted by atomic mass is 35.5. The lowest BCUT2D eigenvalue weighted by Crippen LogP contribution is -2.42. The van der Waals surface area contributed by atoms with Crippen LogP contribution in [0, 0.1) is 0 Å². The number of hydrogen-bond acceptors (Lipinski definition) is 3. The van der Waals surface area contributed by atoms with E-state index >= 15 is 0 Å². The van der Waals surface area contributed by atoms with Crippen LogP contribution in [-0.4, -0.2) is 28.0 Å². The number of hydrogen-bond donors (Lipinski definition) is 3. The first-order valence-electron chi connectivity index (χ1n) is 6.88. The number of carboxylic acid groups (broad SMARTS) is 1. The van der Waals surface area contributed by atoms with Gasteiger partial charge in [-0.3, -0.25) is 4.79 Å². The normalized spacial score (nSPS) is 12.2. The first-order chi connectivity index (χ1) is 11.0. The maximum atomic E-state index is 12.0. The van der Waals surface area contributed by atoms with E-state index in [1.165, 1.54) is 12.1 Å². The van der Waals surface area contributed by atoms with Gasteiger partial charge in [-0.05, 0) is 35.4 Å². The van der Waals surface area contributed by atoms with Gasteiger partial charge in [-0.1, -0.05) is 18.2 Å². The fraction of sp³-hybridized carbons (Fsp3) is 0.125. The number of carboxylic acids is 1. The molecule has 118 valence electrons. The number of aromatic amines is 1. The Balaban J connectivity index is 1.79. The van der Waals surface area contributed by atoms with E-state index in [9.17, 15) is 14.7 Å². The Bertz CT molecular complexity index is 868. The van der Waals surface area contributed by atoms with Crippen LogP contribution in [0.5, 0.6) is 0 Å². The summed E-state index contributed by atoms with van der Waals surface area (Å²) < 4.78 is 4.99. The number of aromatic nitrogens is 1. The van der Waals surface area contributed by atoms with Gasteiger partial charge in [-0.15, -0.1) is 0 Å². The van der Waals surface area contributed by atoms with Gasteiger partial charge in [0.25, 0.3) is 5.91 Å².